The summed E-state index contributed by atoms with van der Waals surface area (Å²) in [6.45, 7) is 4.29. The van der Waals surface area contributed by atoms with Gasteiger partial charge in [-0.05, 0) is 31.4 Å². The van der Waals surface area contributed by atoms with E-state index >= 15 is 0 Å². The average Bonchev–Trinajstić information content (AvgIpc) is 3.41. The van der Waals surface area contributed by atoms with Crippen LogP contribution in [-0.4, -0.2) is 37.3 Å². The summed E-state index contributed by atoms with van der Waals surface area (Å²) in [6, 6.07) is 5.79. The topological polar surface area (TPSA) is 116 Å². The summed E-state index contributed by atoms with van der Waals surface area (Å²) in [4.78, 5) is 34.2. The fourth-order valence-electron chi connectivity index (χ4n) is 2.90. The number of carbonyl (C=O) groups is 2. The van der Waals surface area contributed by atoms with Crippen molar-refractivity contribution in [3.8, 4) is 0 Å². The van der Waals surface area contributed by atoms with Crippen molar-refractivity contribution in [2.24, 2.45) is 5.73 Å². The first-order chi connectivity index (χ1) is 14.4. The predicted molar refractivity (Wildman–Crippen MR) is 120 cm³/mol. The molecule has 30 heavy (non-hydrogen) atoms. The smallest absolute Gasteiger partial charge is 0.258 e. The first-order valence-corrected chi connectivity index (χ1v) is 11.6. The number of thioether (sulfide) groups is 1. The summed E-state index contributed by atoms with van der Waals surface area (Å²) in [5.41, 5.74) is 7.85. The number of primary amides is 1. The minimum absolute atomic E-state index is 0.171. The third-order valence-corrected chi connectivity index (χ3v) is 7.51. The molecule has 0 spiro atoms. The minimum atomic E-state index is -0.396. The van der Waals surface area contributed by atoms with Crippen molar-refractivity contribution < 1.29 is 9.59 Å². The molecule has 0 atom stereocenters. The van der Waals surface area contributed by atoms with Crippen LogP contribution in [0.3, 0.4) is 0 Å². The van der Waals surface area contributed by atoms with Crippen LogP contribution < -0.4 is 11.1 Å². The molecule has 0 radical (unpaired) electrons. The highest BCUT2D eigenvalue weighted by Gasteiger charge is 2.18. The zero-order valence-corrected chi connectivity index (χ0v) is 18.7. The maximum absolute atomic E-state index is 13.0. The molecular formula is C19H18N6O2S3. The van der Waals surface area contributed by atoms with Gasteiger partial charge in [-0.3, -0.25) is 14.9 Å². The van der Waals surface area contributed by atoms with Crippen molar-refractivity contribution in [3.05, 3.63) is 51.6 Å². The van der Waals surface area contributed by atoms with Crippen LogP contribution in [0.15, 0.2) is 34.0 Å². The van der Waals surface area contributed by atoms with Gasteiger partial charge in [-0.15, -0.1) is 23.1 Å². The highest BCUT2D eigenvalue weighted by Crippen LogP contribution is 2.32. The zero-order valence-electron chi connectivity index (χ0n) is 16.2. The van der Waals surface area contributed by atoms with Crippen LogP contribution >= 0.6 is 34.4 Å². The van der Waals surface area contributed by atoms with Crippen LogP contribution in [0.25, 0.3) is 11.0 Å². The molecule has 0 aromatic carbocycles. The van der Waals surface area contributed by atoms with E-state index in [1.54, 1.807) is 28.3 Å². The van der Waals surface area contributed by atoms with Gasteiger partial charge in [0.2, 0.25) is 5.91 Å². The summed E-state index contributed by atoms with van der Waals surface area (Å²) in [5, 5.41) is 10.5. The van der Waals surface area contributed by atoms with E-state index in [9.17, 15) is 9.59 Å². The van der Waals surface area contributed by atoms with Gasteiger partial charge >= 0.3 is 0 Å². The molecule has 8 nitrogen and oxygen atoms in total. The molecule has 4 aromatic rings. The van der Waals surface area contributed by atoms with Crippen LogP contribution in [0, 0.1) is 13.8 Å². The van der Waals surface area contributed by atoms with Crippen LogP contribution in [-0.2, 0) is 11.3 Å². The largest absolute Gasteiger partial charge is 0.369 e. The number of anilines is 1. The Morgan fingerprint density at radius 1 is 1.30 bits per heavy atom. The number of rotatable bonds is 7. The van der Waals surface area contributed by atoms with E-state index in [1.165, 1.54) is 23.1 Å². The molecule has 0 fully saturated rings. The molecule has 154 valence electrons. The van der Waals surface area contributed by atoms with Crippen molar-refractivity contribution in [3.63, 3.8) is 0 Å². The summed E-state index contributed by atoms with van der Waals surface area (Å²) < 4.78 is 2.65. The molecule has 4 rings (SSSR count). The molecular weight excluding hydrogens is 440 g/mol. The fraction of sp³-hybridized carbons (Fsp3) is 0.211. The van der Waals surface area contributed by atoms with E-state index in [0.717, 1.165) is 20.5 Å². The lowest BCUT2D eigenvalue weighted by atomic mass is 10.1. The second kappa shape index (κ2) is 8.54. The number of aromatic nitrogens is 4. The van der Waals surface area contributed by atoms with E-state index in [2.05, 4.69) is 20.4 Å². The van der Waals surface area contributed by atoms with Crippen molar-refractivity contribution in [2.45, 2.75) is 24.6 Å². The third kappa shape index (κ3) is 4.37. The van der Waals surface area contributed by atoms with Gasteiger partial charge in [-0.2, -0.15) is 5.10 Å². The number of pyridine rings is 1. The van der Waals surface area contributed by atoms with Crippen LogP contribution in [0.2, 0.25) is 0 Å². The number of carbonyl (C=O) groups excluding carboxylic acids is 2. The second-order valence-corrected chi connectivity index (χ2v) is 9.81. The second-order valence-electron chi connectivity index (χ2n) is 6.53. The first kappa shape index (κ1) is 20.5. The van der Waals surface area contributed by atoms with E-state index in [0.29, 0.717) is 28.3 Å². The Bertz CT molecular complexity index is 1230. The molecule has 3 N–H and O–H groups in total. The van der Waals surface area contributed by atoms with Gasteiger partial charge in [0.25, 0.3) is 5.91 Å². The molecule has 2 amide bonds. The molecule has 4 aromatic heterocycles. The minimum Gasteiger partial charge on any atom is -0.369 e. The Kier molecular flexibility index (Phi) is 5.84. The standard InChI is InChI=1S/C19H18N6O2S3/c1-10-6-13(14-7-21-25(16(14)22-10)8-12-4-3-5-28-12)17(27)24-19-23-11(2)18(30-19)29-9-15(20)26/h3-7H,8-9H2,1-2H3,(H2,20,26)(H,23,24,27). The number of thiazole rings is 1. The summed E-state index contributed by atoms with van der Waals surface area (Å²) in [5.74, 6) is -0.502. The Morgan fingerprint density at radius 3 is 2.87 bits per heavy atom. The fourth-order valence-corrected chi connectivity index (χ4v) is 5.46. The maximum atomic E-state index is 13.0. The number of fused-ring (bicyclic) bond motifs is 1. The average molecular weight is 459 g/mol. The normalized spacial score (nSPS) is 11.1. The highest BCUT2D eigenvalue weighted by molar-refractivity contribution is 8.01. The number of hydrogen-bond acceptors (Lipinski definition) is 8. The maximum Gasteiger partial charge on any atom is 0.258 e. The van der Waals surface area contributed by atoms with Crippen molar-refractivity contribution in [2.75, 3.05) is 11.1 Å². The van der Waals surface area contributed by atoms with Crippen LogP contribution in [0.4, 0.5) is 5.13 Å². The van der Waals surface area contributed by atoms with Crippen LogP contribution in [0.5, 0.6) is 0 Å². The van der Waals surface area contributed by atoms with E-state index in [1.807, 2.05) is 31.4 Å². The van der Waals surface area contributed by atoms with Gasteiger partial charge < -0.3 is 5.73 Å². The summed E-state index contributed by atoms with van der Waals surface area (Å²) >= 11 is 4.29. The SMILES string of the molecule is Cc1cc(C(=O)Nc2nc(C)c(SCC(N)=O)s2)c2cnn(Cc3cccs3)c2n1. The number of nitrogens with one attached hydrogen (secondary N) is 1. The van der Waals surface area contributed by atoms with E-state index < -0.39 is 5.91 Å². The van der Waals surface area contributed by atoms with Crippen molar-refractivity contribution in [1.29, 1.82) is 0 Å². The number of nitrogens with two attached hydrogens (primary N) is 1. The quantitative estimate of drug-likeness (QED) is 0.410. The number of aryl methyl sites for hydroxylation is 2. The molecule has 0 aliphatic heterocycles. The Balaban J connectivity index is 1.60. The Hall–Kier alpha value is -2.76. The zero-order chi connectivity index (χ0) is 21.3. The molecule has 4 heterocycles. The molecule has 0 saturated heterocycles. The van der Waals surface area contributed by atoms with Gasteiger partial charge in [-0.1, -0.05) is 17.4 Å². The first-order valence-electron chi connectivity index (χ1n) is 8.96. The lowest BCUT2D eigenvalue weighted by Crippen LogP contribution is -2.13. The van der Waals surface area contributed by atoms with Gasteiger partial charge in [0.05, 0.1) is 39.3 Å². The lowest BCUT2D eigenvalue weighted by molar-refractivity contribution is -0.115. The molecule has 0 saturated carbocycles. The Morgan fingerprint density at radius 2 is 2.13 bits per heavy atom. The van der Waals surface area contributed by atoms with Gasteiger partial charge in [0, 0.05) is 10.6 Å². The molecule has 0 aliphatic rings. The Labute approximate surface area is 184 Å². The molecule has 0 bridgehead atoms. The molecule has 11 heteroatoms. The number of nitrogens with zero attached hydrogens (tertiary/aromatic N) is 4. The number of hydrogen-bond donors (Lipinski definition) is 2. The van der Waals surface area contributed by atoms with Crippen molar-refractivity contribution >= 4 is 62.4 Å². The van der Waals surface area contributed by atoms with E-state index in [4.69, 9.17) is 5.73 Å². The summed E-state index contributed by atoms with van der Waals surface area (Å²) in [6.07, 6.45) is 1.67. The molecule has 0 unspecified atom stereocenters. The third-order valence-electron chi connectivity index (χ3n) is 4.19. The van der Waals surface area contributed by atoms with Gasteiger partial charge in [0.15, 0.2) is 10.8 Å². The van der Waals surface area contributed by atoms with Gasteiger partial charge in [-0.25, -0.2) is 14.6 Å². The number of amides is 2. The lowest BCUT2D eigenvalue weighted by Gasteiger charge is -2.06. The predicted octanol–water partition coefficient (Wildman–Crippen LogP) is 3.44. The van der Waals surface area contributed by atoms with E-state index in [-0.39, 0.29) is 11.7 Å². The highest BCUT2D eigenvalue weighted by atomic mass is 32.2. The molecule has 0 aliphatic carbocycles. The van der Waals surface area contributed by atoms with Crippen molar-refractivity contribution in [1.82, 2.24) is 19.7 Å². The summed E-state index contributed by atoms with van der Waals surface area (Å²) in [7, 11) is 0. The number of thiophene rings is 1. The van der Waals surface area contributed by atoms with Gasteiger partial charge in [0.1, 0.15) is 0 Å². The van der Waals surface area contributed by atoms with Crippen LogP contribution in [0.1, 0.15) is 26.6 Å². The monoisotopic (exact) mass is 458 g/mol.